The molecule has 2 aliphatic heterocycles. The van der Waals surface area contributed by atoms with Crippen LogP contribution in [0.1, 0.15) is 44.5 Å². The van der Waals surface area contributed by atoms with Gasteiger partial charge < -0.3 is 30.6 Å². The number of likely N-dealkylation sites (tertiary alicyclic amines) is 1. The summed E-state index contributed by atoms with van der Waals surface area (Å²) >= 11 is 1.58. The Morgan fingerprint density at radius 2 is 1.88 bits per heavy atom. The highest BCUT2D eigenvalue weighted by atomic mass is 32.1. The molecule has 5 N–H and O–H groups in total. The van der Waals surface area contributed by atoms with Crippen LogP contribution in [0, 0.1) is 24.2 Å². The standard InChI is InChI=1S/C29H40N6O4S/c1-17(2)26(24(37)14-25(30)34-11-9-31-10-12-34)29(39)35-15-22(36)13-23(35)28(38)33-18(3)20-5-7-21(8-6-20)27-19(4)32-16-40-27/h5-8,14,16-18,22-23,26,30-31,36-37H,9-13,15H2,1-4H3,(H,33,38)/b24-14-,30-25?/t18-,22+,23-,26?/m0/s1. The first kappa shape index (κ1) is 29.7. The molecule has 216 valence electrons. The number of piperazine rings is 1. The van der Waals surface area contributed by atoms with Crippen LogP contribution in [0.15, 0.2) is 41.6 Å². The van der Waals surface area contributed by atoms with Gasteiger partial charge in [0.05, 0.1) is 34.1 Å². The Bertz CT molecular complexity index is 1240. The molecule has 1 aromatic carbocycles. The van der Waals surface area contributed by atoms with E-state index in [-0.39, 0.29) is 42.4 Å². The first-order valence-corrected chi connectivity index (χ1v) is 14.7. The Kier molecular flexibility index (Phi) is 9.60. The van der Waals surface area contributed by atoms with E-state index in [2.05, 4.69) is 15.6 Å². The summed E-state index contributed by atoms with van der Waals surface area (Å²) in [6.07, 6.45) is 0.629. The summed E-state index contributed by atoms with van der Waals surface area (Å²) in [4.78, 5) is 35.7. The molecule has 1 aromatic heterocycles. The predicted octanol–water partition coefficient (Wildman–Crippen LogP) is 2.85. The Morgan fingerprint density at radius 3 is 2.48 bits per heavy atom. The van der Waals surface area contributed by atoms with Gasteiger partial charge in [-0.2, -0.15) is 0 Å². The van der Waals surface area contributed by atoms with Crippen LogP contribution >= 0.6 is 11.3 Å². The minimum Gasteiger partial charge on any atom is -0.511 e. The zero-order valence-corrected chi connectivity index (χ0v) is 24.4. The van der Waals surface area contributed by atoms with Gasteiger partial charge in [0.25, 0.3) is 0 Å². The molecule has 2 saturated heterocycles. The summed E-state index contributed by atoms with van der Waals surface area (Å²) in [5.41, 5.74) is 4.78. The highest BCUT2D eigenvalue weighted by Crippen LogP contribution is 2.30. The Morgan fingerprint density at radius 1 is 1.20 bits per heavy atom. The van der Waals surface area contributed by atoms with Crippen LogP contribution in [0.4, 0.5) is 0 Å². The molecular formula is C29H40N6O4S. The number of β-amino-alcohol motifs (C(OH)–C–C–N with tert-alkyl or cyclic N) is 1. The molecule has 0 saturated carbocycles. The minimum absolute atomic E-state index is 0.0138. The molecule has 4 rings (SSSR count). The fraction of sp³-hybridized carbons (Fsp3) is 0.517. The highest BCUT2D eigenvalue weighted by Gasteiger charge is 2.43. The van der Waals surface area contributed by atoms with Gasteiger partial charge >= 0.3 is 0 Å². The van der Waals surface area contributed by atoms with E-state index < -0.39 is 24.0 Å². The summed E-state index contributed by atoms with van der Waals surface area (Å²) < 4.78 is 0. The maximum absolute atomic E-state index is 13.7. The largest absolute Gasteiger partial charge is 0.511 e. The second-order valence-corrected chi connectivity index (χ2v) is 11.8. The molecule has 2 amide bonds. The monoisotopic (exact) mass is 568 g/mol. The van der Waals surface area contributed by atoms with Crippen molar-refractivity contribution in [3.63, 3.8) is 0 Å². The lowest BCUT2D eigenvalue weighted by Crippen LogP contribution is -2.49. The summed E-state index contributed by atoms with van der Waals surface area (Å²) in [5.74, 6) is -2.03. The van der Waals surface area contributed by atoms with Crippen molar-refractivity contribution in [1.29, 1.82) is 5.41 Å². The molecule has 2 aliphatic rings. The minimum atomic E-state index is -0.927. The number of aliphatic hydroxyl groups excluding tert-OH is 2. The van der Waals surface area contributed by atoms with E-state index in [1.165, 1.54) is 11.0 Å². The van der Waals surface area contributed by atoms with Gasteiger partial charge in [-0.1, -0.05) is 38.1 Å². The molecule has 40 heavy (non-hydrogen) atoms. The molecular weight excluding hydrogens is 528 g/mol. The number of hydrogen-bond acceptors (Lipinski definition) is 8. The number of aliphatic hydroxyl groups is 2. The molecule has 10 nitrogen and oxygen atoms in total. The zero-order chi connectivity index (χ0) is 29.0. The third-order valence-electron chi connectivity index (χ3n) is 7.64. The van der Waals surface area contributed by atoms with Crippen molar-refractivity contribution in [3.05, 3.63) is 52.9 Å². The molecule has 0 aliphatic carbocycles. The second-order valence-electron chi connectivity index (χ2n) is 10.9. The number of thiazole rings is 1. The molecule has 4 atom stereocenters. The van der Waals surface area contributed by atoms with E-state index in [1.807, 2.05) is 62.4 Å². The summed E-state index contributed by atoms with van der Waals surface area (Å²) in [6.45, 7) is 10.3. The number of amides is 2. The number of amidine groups is 1. The second kappa shape index (κ2) is 12.9. The lowest BCUT2D eigenvalue weighted by atomic mass is 9.91. The number of aryl methyl sites for hydroxylation is 1. The van der Waals surface area contributed by atoms with Crippen LogP contribution in [0.2, 0.25) is 0 Å². The fourth-order valence-electron chi connectivity index (χ4n) is 5.36. The third kappa shape index (κ3) is 6.71. The Balaban J connectivity index is 1.45. The predicted molar refractivity (Wildman–Crippen MR) is 156 cm³/mol. The van der Waals surface area contributed by atoms with E-state index in [4.69, 9.17) is 5.41 Å². The molecule has 1 unspecified atom stereocenters. The van der Waals surface area contributed by atoms with Crippen molar-refractivity contribution in [1.82, 2.24) is 25.4 Å². The Hall–Kier alpha value is -3.28. The van der Waals surface area contributed by atoms with Crippen molar-refractivity contribution >= 4 is 29.0 Å². The SMILES string of the molecule is Cc1ncsc1-c1ccc([C@H](C)NC(=O)[C@@H]2C[C@@H](O)CN2C(=O)C(/C(O)=C/C(=N)N2CCNCC2)C(C)C)cc1. The van der Waals surface area contributed by atoms with Gasteiger partial charge in [-0.15, -0.1) is 11.3 Å². The number of carbonyl (C=O) groups is 2. The summed E-state index contributed by atoms with van der Waals surface area (Å²) in [6, 6.07) is 6.79. The highest BCUT2D eigenvalue weighted by molar-refractivity contribution is 7.13. The molecule has 2 fully saturated rings. The van der Waals surface area contributed by atoms with Crippen molar-refractivity contribution in [3.8, 4) is 10.4 Å². The van der Waals surface area contributed by atoms with Gasteiger partial charge in [-0.05, 0) is 30.9 Å². The quantitative estimate of drug-likeness (QED) is 0.187. The topological polar surface area (TPSA) is 142 Å². The lowest BCUT2D eigenvalue weighted by molar-refractivity contribution is -0.142. The smallest absolute Gasteiger partial charge is 0.243 e. The van der Waals surface area contributed by atoms with E-state index in [0.717, 1.165) is 34.8 Å². The lowest BCUT2D eigenvalue weighted by Gasteiger charge is -2.31. The van der Waals surface area contributed by atoms with Crippen LogP contribution in [0.5, 0.6) is 0 Å². The van der Waals surface area contributed by atoms with Gasteiger partial charge in [0.15, 0.2) is 0 Å². The van der Waals surface area contributed by atoms with Gasteiger partial charge in [-0.3, -0.25) is 15.0 Å². The maximum Gasteiger partial charge on any atom is 0.243 e. The molecule has 0 spiro atoms. The molecule has 11 heteroatoms. The van der Waals surface area contributed by atoms with Gasteiger partial charge in [-0.25, -0.2) is 4.98 Å². The first-order valence-electron chi connectivity index (χ1n) is 13.8. The normalized spacial score (nSPS) is 21.4. The number of nitrogens with one attached hydrogen (secondary N) is 3. The average molecular weight is 569 g/mol. The van der Waals surface area contributed by atoms with Crippen molar-refractivity contribution in [2.75, 3.05) is 32.7 Å². The van der Waals surface area contributed by atoms with Crippen LogP contribution in [0.25, 0.3) is 10.4 Å². The van der Waals surface area contributed by atoms with E-state index in [0.29, 0.717) is 13.1 Å². The van der Waals surface area contributed by atoms with Crippen LogP contribution in [0.3, 0.4) is 0 Å². The van der Waals surface area contributed by atoms with Gasteiger partial charge in [0, 0.05) is 45.2 Å². The van der Waals surface area contributed by atoms with Gasteiger partial charge in [0.1, 0.15) is 17.6 Å². The number of nitrogens with zero attached hydrogens (tertiary/aromatic N) is 3. The van der Waals surface area contributed by atoms with Crippen LogP contribution in [-0.2, 0) is 9.59 Å². The maximum atomic E-state index is 13.7. The molecule has 2 aromatic rings. The number of hydrogen-bond donors (Lipinski definition) is 5. The van der Waals surface area contributed by atoms with Crippen LogP contribution < -0.4 is 10.6 Å². The summed E-state index contributed by atoms with van der Waals surface area (Å²) in [7, 11) is 0. The van der Waals surface area contributed by atoms with Crippen molar-refractivity contribution in [2.45, 2.75) is 52.3 Å². The van der Waals surface area contributed by atoms with E-state index in [1.54, 1.807) is 11.3 Å². The molecule has 0 radical (unpaired) electrons. The number of rotatable bonds is 8. The summed E-state index contributed by atoms with van der Waals surface area (Å²) in [5, 5.41) is 36.0. The first-order chi connectivity index (χ1) is 19.1. The van der Waals surface area contributed by atoms with Crippen LogP contribution in [-0.4, -0.2) is 87.5 Å². The zero-order valence-electron chi connectivity index (χ0n) is 23.6. The van der Waals surface area contributed by atoms with E-state index in [9.17, 15) is 19.8 Å². The van der Waals surface area contributed by atoms with Crippen molar-refractivity contribution in [2.24, 2.45) is 11.8 Å². The number of carbonyl (C=O) groups excluding carboxylic acids is 2. The van der Waals surface area contributed by atoms with E-state index >= 15 is 0 Å². The molecule has 0 bridgehead atoms. The van der Waals surface area contributed by atoms with Gasteiger partial charge in [0.2, 0.25) is 11.8 Å². The molecule has 3 heterocycles. The Labute approximate surface area is 239 Å². The average Bonchev–Trinajstić information content (AvgIpc) is 3.54. The van der Waals surface area contributed by atoms with Crippen molar-refractivity contribution < 1.29 is 19.8 Å². The fourth-order valence-corrected chi connectivity index (χ4v) is 6.17. The number of benzene rings is 1. The number of aromatic nitrogens is 1. The third-order valence-corrected chi connectivity index (χ3v) is 8.61.